The molecule has 1 amide bonds. The second-order valence-corrected chi connectivity index (χ2v) is 6.91. The summed E-state index contributed by atoms with van der Waals surface area (Å²) in [6.45, 7) is 0.733. The number of hydrogen-bond acceptors (Lipinski definition) is 4. The van der Waals surface area contributed by atoms with Gasteiger partial charge in [-0.15, -0.1) is 0 Å². The Bertz CT molecular complexity index is 1010. The van der Waals surface area contributed by atoms with Crippen molar-refractivity contribution >= 4 is 16.8 Å². The molecule has 0 bridgehead atoms. The molecule has 1 aliphatic rings. The molecule has 0 spiro atoms. The van der Waals surface area contributed by atoms with E-state index in [1.807, 2.05) is 47.4 Å². The molecule has 0 aliphatic carbocycles. The first-order valence-electron chi connectivity index (χ1n) is 9.34. The molecule has 1 aromatic heterocycles. The highest BCUT2D eigenvalue weighted by Gasteiger charge is 2.32. The molecular weight excluding hydrogens is 356 g/mol. The van der Waals surface area contributed by atoms with Gasteiger partial charge in [0.1, 0.15) is 11.4 Å². The third-order valence-electron chi connectivity index (χ3n) is 5.37. The average Bonchev–Trinajstić information content (AvgIpc) is 3.39. The standard InChI is InChI=1S/C22H24N2O4/c1-26-16-8-6-14-11-18(23-17(14)13-16)22(25)24-10-4-5-19(24)15-7-9-20(27-2)21(12-15)28-3/h6-9,11-13,19,23H,4-5,10H2,1-3H3/t19-/m0/s1. The summed E-state index contributed by atoms with van der Waals surface area (Å²) in [5, 5.41) is 0.992. The van der Waals surface area contributed by atoms with Gasteiger partial charge in [-0.05, 0) is 48.7 Å². The third kappa shape index (κ3) is 3.15. The Morgan fingerprint density at radius 3 is 2.57 bits per heavy atom. The number of likely N-dealkylation sites (tertiary alicyclic amines) is 1. The number of nitrogens with one attached hydrogen (secondary N) is 1. The first kappa shape index (κ1) is 18.2. The zero-order valence-corrected chi connectivity index (χ0v) is 16.3. The Morgan fingerprint density at radius 1 is 1.00 bits per heavy atom. The molecule has 4 rings (SSSR count). The van der Waals surface area contributed by atoms with Crippen molar-refractivity contribution in [2.24, 2.45) is 0 Å². The molecule has 1 N–H and O–H groups in total. The minimum Gasteiger partial charge on any atom is -0.497 e. The van der Waals surface area contributed by atoms with E-state index < -0.39 is 0 Å². The van der Waals surface area contributed by atoms with Gasteiger partial charge in [-0.3, -0.25) is 4.79 Å². The number of carbonyl (C=O) groups is 1. The van der Waals surface area contributed by atoms with Crippen LogP contribution in [0.3, 0.4) is 0 Å². The highest BCUT2D eigenvalue weighted by Crippen LogP contribution is 2.37. The number of methoxy groups -OCH3 is 3. The first-order chi connectivity index (χ1) is 13.6. The van der Waals surface area contributed by atoms with Gasteiger partial charge in [0.25, 0.3) is 5.91 Å². The predicted octanol–water partition coefficient (Wildman–Crippen LogP) is 4.17. The number of carbonyl (C=O) groups excluding carboxylic acids is 1. The molecule has 6 heteroatoms. The van der Waals surface area contributed by atoms with E-state index >= 15 is 0 Å². The van der Waals surface area contributed by atoms with Gasteiger partial charge < -0.3 is 24.1 Å². The molecule has 146 valence electrons. The van der Waals surface area contributed by atoms with Crippen LogP contribution in [-0.4, -0.2) is 43.7 Å². The summed E-state index contributed by atoms with van der Waals surface area (Å²) in [5.41, 5.74) is 2.54. The molecule has 28 heavy (non-hydrogen) atoms. The Labute approximate surface area is 164 Å². The van der Waals surface area contributed by atoms with E-state index in [-0.39, 0.29) is 11.9 Å². The van der Waals surface area contributed by atoms with Gasteiger partial charge in [0, 0.05) is 23.5 Å². The Hall–Kier alpha value is -3.15. The summed E-state index contributed by atoms with van der Waals surface area (Å²) < 4.78 is 16.0. The van der Waals surface area contributed by atoms with Crippen LogP contribution >= 0.6 is 0 Å². The molecule has 0 radical (unpaired) electrons. The molecule has 1 aliphatic heterocycles. The van der Waals surface area contributed by atoms with Crippen molar-refractivity contribution in [1.82, 2.24) is 9.88 Å². The van der Waals surface area contributed by atoms with Crippen molar-refractivity contribution in [2.75, 3.05) is 27.9 Å². The Morgan fingerprint density at radius 2 is 1.82 bits per heavy atom. The highest BCUT2D eigenvalue weighted by molar-refractivity contribution is 5.98. The van der Waals surface area contributed by atoms with Crippen molar-refractivity contribution in [3.8, 4) is 17.2 Å². The lowest BCUT2D eigenvalue weighted by atomic mass is 10.0. The fraction of sp³-hybridized carbons (Fsp3) is 0.318. The molecule has 3 aromatic rings. The lowest BCUT2D eigenvalue weighted by Crippen LogP contribution is -2.30. The normalized spacial score (nSPS) is 16.4. The van der Waals surface area contributed by atoms with E-state index in [2.05, 4.69) is 4.98 Å². The van der Waals surface area contributed by atoms with Gasteiger partial charge in [-0.25, -0.2) is 0 Å². The average molecular weight is 380 g/mol. The van der Waals surface area contributed by atoms with E-state index in [9.17, 15) is 4.79 Å². The van der Waals surface area contributed by atoms with Crippen LogP contribution in [0, 0.1) is 0 Å². The largest absolute Gasteiger partial charge is 0.497 e. The highest BCUT2D eigenvalue weighted by atomic mass is 16.5. The summed E-state index contributed by atoms with van der Waals surface area (Å²) >= 11 is 0. The van der Waals surface area contributed by atoms with Crippen molar-refractivity contribution in [2.45, 2.75) is 18.9 Å². The number of ether oxygens (including phenoxy) is 3. The van der Waals surface area contributed by atoms with Crippen molar-refractivity contribution < 1.29 is 19.0 Å². The molecular formula is C22H24N2O4. The number of nitrogens with zero attached hydrogens (tertiary/aromatic N) is 1. The predicted molar refractivity (Wildman–Crippen MR) is 107 cm³/mol. The summed E-state index contributed by atoms with van der Waals surface area (Å²) in [5.74, 6) is 2.13. The van der Waals surface area contributed by atoms with Crippen LogP contribution in [0.25, 0.3) is 10.9 Å². The van der Waals surface area contributed by atoms with Crippen molar-refractivity contribution in [3.63, 3.8) is 0 Å². The molecule has 1 saturated heterocycles. The van der Waals surface area contributed by atoms with Crippen LogP contribution < -0.4 is 14.2 Å². The molecule has 0 saturated carbocycles. The number of aromatic amines is 1. The number of hydrogen-bond donors (Lipinski definition) is 1. The van der Waals surface area contributed by atoms with Crippen LogP contribution in [0.2, 0.25) is 0 Å². The van der Waals surface area contributed by atoms with Crippen LogP contribution in [0.4, 0.5) is 0 Å². The van der Waals surface area contributed by atoms with Gasteiger partial charge >= 0.3 is 0 Å². The molecule has 1 fully saturated rings. The SMILES string of the molecule is COc1ccc2cc(C(=O)N3CCC[C@H]3c3ccc(OC)c(OC)c3)[nH]c2c1. The van der Waals surface area contributed by atoms with Gasteiger partial charge in [-0.2, -0.15) is 0 Å². The second-order valence-electron chi connectivity index (χ2n) is 6.91. The van der Waals surface area contributed by atoms with E-state index in [0.717, 1.165) is 41.6 Å². The zero-order valence-electron chi connectivity index (χ0n) is 16.3. The number of benzene rings is 2. The molecule has 1 atom stereocenters. The lowest BCUT2D eigenvalue weighted by Gasteiger charge is -2.25. The Kier molecular flexibility index (Phi) is 4.86. The lowest BCUT2D eigenvalue weighted by molar-refractivity contribution is 0.0730. The first-order valence-corrected chi connectivity index (χ1v) is 9.34. The molecule has 6 nitrogen and oxygen atoms in total. The maximum atomic E-state index is 13.2. The summed E-state index contributed by atoms with van der Waals surface area (Å²) in [7, 11) is 4.87. The van der Waals surface area contributed by atoms with Gasteiger partial charge in [-0.1, -0.05) is 6.07 Å². The number of H-pyrrole nitrogens is 1. The smallest absolute Gasteiger partial charge is 0.270 e. The van der Waals surface area contributed by atoms with Gasteiger partial charge in [0.2, 0.25) is 0 Å². The number of rotatable bonds is 5. The van der Waals surface area contributed by atoms with Crippen LogP contribution in [-0.2, 0) is 0 Å². The number of fused-ring (bicyclic) bond motifs is 1. The summed E-state index contributed by atoms with van der Waals surface area (Å²) in [4.78, 5) is 18.4. The monoisotopic (exact) mass is 380 g/mol. The molecule has 0 unspecified atom stereocenters. The van der Waals surface area contributed by atoms with E-state index in [1.54, 1.807) is 21.3 Å². The Balaban J connectivity index is 1.63. The van der Waals surface area contributed by atoms with Crippen LogP contribution in [0.15, 0.2) is 42.5 Å². The van der Waals surface area contributed by atoms with Gasteiger partial charge in [0.05, 0.1) is 27.4 Å². The van der Waals surface area contributed by atoms with Gasteiger partial charge in [0.15, 0.2) is 11.5 Å². The number of aromatic nitrogens is 1. The van der Waals surface area contributed by atoms with E-state index in [4.69, 9.17) is 14.2 Å². The molecule has 2 heterocycles. The van der Waals surface area contributed by atoms with Crippen LogP contribution in [0.5, 0.6) is 17.2 Å². The fourth-order valence-corrected chi connectivity index (χ4v) is 3.92. The second kappa shape index (κ2) is 7.46. The fourth-order valence-electron chi connectivity index (χ4n) is 3.92. The topological polar surface area (TPSA) is 63.8 Å². The van der Waals surface area contributed by atoms with Crippen LogP contribution in [0.1, 0.15) is 34.9 Å². The van der Waals surface area contributed by atoms with Crippen molar-refractivity contribution in [1.29, 1.82) is 0 Å². The summed E-state index contributed by atoms with van der Waals surface area (Å²) in [6, 6.07) is 13.5. The number of amides is 1. The quantitative estimate of drug-likeness (QED) is 0.722. The third-order valence-corrected chi connectivity index (χ3v) is 5.37. The zero-order chi connectivity index (χ0) is 19.7. The maximum Gasteiger partial charge on any atom is 0.270 e. The minimum absolute atomic E-state index is 0.00690. The maximum absolute atomic E-state index is 13.2. The van der Waals surface area contributed by atoms with E-state index in [1.165, 1.54) is 0 Å². The van der Waals surface area contributed by atoms with Crippen molar-refractivity contribution in [3.05, 3.63) is 53.7 Å². The molecule has 2 aromatic carbocycles. The minimum atomic E-state index is 0.00690. The summed E-state index contributed by atoms with van der Waals surface area (Å²) in [6.07, 6.45) is 1.90. The van der Waals surface area contributed by atoms with E-state index in [0.29, 0.717) is 17.2 Å².